The summed E-state index contributed by atoms with van der Waals surface area (Å²) < 4.78 is 0. The van der Waals surface area contributed by atoms with Crippen molar-refractivity contribution in [2.24, 2.45) is 0 Å². The van der Waals surface area contributed by atoms with Gasteiger partial charge in [0.15, 0.2) is 0 Å². The van der Waals surface area contributed by atoms with E-state index in [-0.39, 0.29) is 22.5 Å². The molecule has 0 aromatic heterocycles. The number of allylic oxidation sites excluding steroid dienone is 2. The first-order valence-corrected chi connectivity index (χ1v) is 9.21. The van der Waals surface area contributed by atoms with Crippen LogP contribution in [0.2, 0.25) is 0 Å². The highest BCUT2D eigenvalue weighted by Gasteiger charge is 2.36. The number of carbonyl (C=O) groups is 4. The Balaban J connectivity index is 2.05. The summed E-state index contributed by atoms with van der Waals surface area (Å²) in [5.74, 6) is -2.58. The fourth-order valence-corrected chi connectivity index (χ4v) is 3.08. The van der Waals surface area contributed by atoms with Gasteiger partial charge in [-0.25, -0.2) is 9.69 Å². The zero-order chi connectivity index (χ0) is 22.5. The van der Waals surface area contributed by atoms with E-state index in [1.54, 1.807) is 31.2 Å². The second kappa shape index (κ2) is 8.91. The lowest BCUT2D eigenvalue weighted by molar-refractivity contribution is -0.124. The van der Waals surface area contributed by atoms with E-state index in [9.17, 15) is 24.3 Å². The number of amides is 3. The Labute approximate surface area is 178 Å². The molecule has 0 saturated heterocycles. The van der Waals surface area contributed by atoms with Crippen LogP contribution in [0, 0.1) is 0 Å². The van der Waals surface area contributed by atoms with Crippen molar-refractivity contribution in [2.45, 2.75) is 6.92 Å². The van der Waals surface area contributed by atoms with Gasteiger partial charge in [-0.05, 0) is 54.5 Å². The van der Waals surface area contributed by atoms with Crippen molar-refractivity contribution in [3.63, 3.8) is 0 Å². The van der Waals surface area contributed by atoms with Gasteiger partial charge >= 0.3 is 5.97 Å². The molecule has 8 nitrogen and oxygen atoms in total. The van der Waals surface area contributed by atoms with Gasteiger partial charge in [0, 0.05) is 11.3 Å². The lowest BCUT2D eigenvalue weighted by Gasteiger charge is -2.29. The lowest BCUT2D eigenvalue weighted by atomic mass is 9.97. The first kappa shape index (κ1) is 21.3. The molecule has 2 aromatic rings. The number of nitrogen functional groups attached to an aromatic ring is 1. The fraction of sp³-hybridized carbons (Fsp3) is 0.0435. The van der Waals surface area contributed by atoms with Crippen LogP contribution in [0.4, 0.5) is 11.4 Å². The van der Waals surface area contributed by atoms with Crippen LogP contribution in [0.1, 0.15) is 22.8 Å². The van der Waals surface area contributed by atoms with Gasteiger partial charge in [-0.1, -0.05) is 30.4 Å². The maximum atomic E-state index is 13.2. The molecule has 1 heterocycles. The minimum Gasteiger partial charge on any atom is -0.478 e. The van der Waals surface area contributed by atoms with Crippen LogP contribution in [0.15, 0.2) is 77.5 Å². The maximum absolute atomic E-state index is 13.2. The molecule has 1 aliphatic rings. The summed E-state index contributed by atoms with van der Waals surface area (Å²) in [5.41, 5.74) is 7.56. The molecule has 0 radical (unpaired) electrons. The zero-order valence-corrected chi connectivity index (χ0v) is 16.5. The molecule has 0 fully saturated rings. The van der Waals surface area contributed by atoms with E-state index < -0.39 is 17.8 Å². The average Bonchev–Trinajstić information content (AvgIpc) is 2.75. The minimum atomic E-state index is -1.20. The third kappa shape index (κ3) is 4.43. The molecule has 3 rings (SSSR count). The van der Waals surface area contributed by atoms with Gasteiger partial charge < -0.3 is 16.2 Å². The van der Waals surface area contributed by atoms with E-state index in [4.69, 9.17) is 5.73 Å². The molecule has 2 aromatic carbocycles. The van der Waals surface area contributed by atoms with Crippen LogP contribution < -0.4 is 16.0 Å². The zero-order valence-electron chi connectivity index (χ0n) is 16.5. The number of imide groups is 1. The van der Waals surface area contributed by atoms with Crippen LogP contribution in [0.3, 0.4) is 0 Å². The van der Waals surface area contributed by atoms with E-state index in [1.807, 2.05) is 12.1 Å². The van der Waals surface area contributed by atoms with E-state index in [0.29, 0.717) is 17.7 Å². The quantitative estimate of drug-likeness (QED) is 0.287. The number of benzene rings is 2. The Morgan fingerprint density at radius 1 is 1.10 bits per heavy atom. The van der Waals surface area contributed by atoms with Crippen molar-refractivity contribution in [3.8, 4) is 0 Å². The molecule has 4 N–H and O–H groups in total. The van der Waals surface area contributed by atoms with Crippen molar-refractivity contribution >= 4 is 41.6 Å². The van der Waals surface area contributed by atoms with Crippen molar-refractivity contribution < 1.29 is 24.3 Å². The minimum absolute atomic E-state index is 0.0672. The summed E-state index contributed by atoms with van der Waals surface area (Å²) in [4.78, 5) is 49.2. The number of nitrogens with zero attached hydrogens (tertiary/aromatic N) is 1. The molecule has 1 aliphatic heterocycles. The lowest BCUT2D eigenvalue weighted by Crippen LogP contribution is -2.46. The largest absolute Gasteiger partial charge is 0.478 e. The van der Waals surface area contributed by atoms with Crippen molar-refractivity contribution in [3.05, 3.63) is 88.7 Å². The first-order chi connectivity index (χ1) is 14.8. The van der Waals surface area contributed by atoms with Crippen LogP contribution in [-0.4, -0.2) is 29.3 Å². The number of nitrogens with two attached hydrogens (primary N) is 1. The van der Waals surface area contributed by atoms with Gasteiger partial charge in [0.05, 0.1) is 11.3 Å². The van der Waals surface area contributed by atoms with Gasteiger partial charge in [-0.3, -0.25) is 14.4 Å². The molecular weight excluding hydrogens is 398 g/mol. The summed E-state index contributed by atoms with van der Waals surface area (Å²) in [6.07, 6.45) is 5.27. The Kier molecular flexibility index (Phi) is 6.11. The number of carboxylic acid groups (broad SMARTS) is 1. The van der Waals surface area contributed by atoms with Crippen molar-refractivity contribution in [2.75, 3.05) is 10.6 Å². The second-order valence-corrected chi connectivity index (χ2v) is 6.67. The third-order valence-corrected chi connectivity index (χ3v) is 4.67. The SMILES string of the molecule is CC1=C(NC=O)C(=O)N(c2cccc(C(=O)O)c2)C(=O)/C1=C\C=Cc1ccc(N)cc1. The number of carboxylic acids is 1. The first-order valence-electron chi connectivity index (χ1n) is 9.21. The Morgan fingerprint density at radius 2 is 1.81 bits per heavy atom. The highest BCUT2D eigenvalue weighted by atomic mass is 16.4. The Bertz CT molecular complexity index is 1160. The molecule has 0 unspecified atom stereocenters. The monoisotopic (exact) mass is 417 g/mol. The van der Waals surface area contributed by atoms with Crippen LogP contribution in [0.5, 0.6) is 0 Å². The Morgan fingerprint density at radius 3 is 2.45 bits per heavy atom. The topological polar surface area (TPSA) is 130 Å². The van der Waals surface area contributed by atoms with E-state index in [1.165, 1.54) is 30.3 Å². The van der Waals surface area contributed by atoms with E-state index in [2.05, 4.69) is 5.32 Å². The Hall–Kier alpha value is -4.46. The van der Waals surface area contributed by atoms with Crippen LogP contribution in [-0.2, 0) is 14.4 Å². The summed E-state index contributed by atoms with van der Waals surface area (Å²) in [7, 11) is 0. The number of carbonyl (C=O) groups excluding carboxylic acids is 3. The highest BCUT2D eigenvalue weighted by molar-refractivity contribution is 6.30. The smallest absolute Gasteiger partial charge is 0.335 e. The molecule has 3 amide bonds. The van der Waals surface area contributed by atoms with E-state index >= 15 is 0 Å². The third-order valence-electron chi connectivity index (χ3n) is 4.67. The summed E-state index contributed by atoms with van der Waals surface area (Å²) >= 11 is 0. The van der Waals surface area contributed by atoms with Gasteiger partial charge in [-0.2, -0.15) is 0 Å². The molecule has 0 spiro atoms. The summed E-state index contributed by atoms with van der Waals surface area (Å²) in [6.45, 7) is 1.55. The molecule has 156 valence electrons. The van der Waals surface area contributed by atoms with Gasteiger partial charge in [0.25, 0.3) is 11.8 Å². The number of aromatic carboxylic acids is 1. The van der Waals surface area contributed by atoms with E-state index in [0.717, 1.165) is 10.5 Å². The van der Waals surface area contributed by atoms with Crippen LogP contribution in [0.25, 0.3) is 6.08 Å². The van der Waals surface area contributed by atoms with Crippen LogP contribution >= 0.6 is 0 Å². The number of hydrogen-bond donors (Lipinski definition) is 3. The van der Waals surface area contributed by atoms with Gasteiger partial charge in [0.1, 0.15) is 5.70 Å². The summed E-state index contributed by atoms with van der Waals surface area (Å²) in [5, 5.41) is 11.6. The molecular formula is C23H19N3O5. The van der Waals surface area contributed by atoms with Crippen molar-refractivity contribution in [1.29, 1.82) is 0 Å². The standard InChI is InChI=1S/C23H19N3O5/c1-14-19(7-2-4-15-8-10-17(24)11-9-15)21(28)26(22(29)20(14)25-13-27)18-6-3-5-16(12-18)23(30)31/h2-13H,24H2,1H3,(H,25,27)(H,30,31)/b4-2?,19-7-. The maximum Gasteiger partial charge on any atom is 0.335 e. The molecule has 0 atom stereocenters. The highest BCUT2D eigenvalue weighted by Crippen LogP contribution is 2.29. The predicted molar refractivity (Wildman–Crippen MR) is 116 cm³/mol. The number of rotatable bonds is 6. The second-order valence-electron chi connectivity index (χ2n) is 6.67. The summed E-state index contributed by atoms with van der Waals surface area (Å²) in [6, 6.07) is 12.6. The average molecular weight is 417 g/mol. The normalized spacial score (nSPS) is 15.6. The van der Waals surface area contributed by atoms with Crippen molar-refractivity contribution in [1.82, 2.24) is 5.32 Å². The molecule has 0 bridgehead atoms. The molecule has 31 heavy (non-hydrogen) atoms. The number of nitrogens with one attached hydrogen (secondary N) is 1. The predicted octanol–water partition coefficient (Wildman–Crippen LogP) is 2.50. The van der Waals surface area contributed by atoms with Gasteiger partial charge in [0.2, 0.25) is 6.41 Å². The van der Waals surface area contributed by atoms with Gasteiger partial charge in [-0.15, -0.1) is 0 Å². The fourth-order valence-electron chi connectivity index (χ4n) is 3.08. The molecule has 8 heteroatoms. The number of anilines is 2. The molecule has 0 aliphatic carbocycles. The number of hydrogen-bond acceptors (Lipinski definition) is 5. The molecule has 0 saturated carbocycles.